The van der Waals surface area contributed by atoms with E-state index < -0.39 is 24.2 Å². The zero-order chi connectivity index (χ0) is 19.1. The molecule has 1 atom stereocenters. The number of rotatable bonds is 2. The number of hydrazone groups is 1. The Hall–Kier alpha value is -1.90. The van der Waals surface area contributed by atoms with Gasteiger partial charge in [-0.05, 0) is 45.8 Å². The van der Waals surface area contributed by atoms with Crippen molar-refractivity contribution in [1.29, 1.82) is 0 Å². The lowest BCUT2D eigenvalue weighted by Crippen LogP contribution is -2.56. The average molecular weight is 448 g/mol. The second-order valence-corrected chi connectivity index (χ2v) is 6.93. The van der Waals surface area contributed by atoms with Crippen LogP contribution in [0.3, 0.4) is 0 Å². The first-order valence-corrected chi connectivity index (χ1v) is 8.52. The van der Waals surface area contributed by atoms with E-state index >= 15 is 0 Å². The van der Waals surface area contributed by atoms with Gasteiger partial charge in [0.25, 0.3) is 11.6 Å². The van der Waals surface area contributed by atoms with Gasteiger partial charge >= 0.3 is 6.18 Å². The van der Waals surface area contributed by atoms with Crippen LogP contribution in [0.4, 0.5) is 13.2 Å². The summed E-state index contributed by atoms with van der Waals surface area (Å²) in [5, 5.41) is 14.6. The van der Waals surface area contributed by atoms with Gasteiger partial charge in [0.05, 0.1) is 17.7 Å². The summed E-state index contributed by atoms with van der Waals surface area (Å²) in [5.74, 6) is -1.07. The maximum absolute atomic E-state index is 13.6. The summed E-state index contributed by atoms with van der Waals surface area (Å²) in [4.78, 5) is 12.7. The molecular formula is C17H11BrClF3N2O2. The molecule has 1 N–H and O–H groups in total. The third kappa shape index (κ3) is 3.24. The Morgan fingerprint density at radius 3 is 2.38 bits per heavy atom. The molecule has 0 unspecified atom stereocenters. The van der Waals surface area contributed by atoms with E-state index in [0.717, 1.165) is 0 Å². The van der Waals surface area contributed by atoms with Crippen molar-refractivity contribution in [2.75, 3.05) is 0 Å². The summed E-state index contributed by atoms with van der Waals surface area (Å²) in [5.41, 5.74) is -3.22. The first kappa shape index (κ1) is 18.9. The molecule has 0 bridgehead atoms. The van der Waals surface area contributed by atoms with Gasteiger partial charge in [-0.15, -0.1) is 0 Å². The van der Waals surface area contributed by atoms with Crippen molar-refractivity contribution in [3.8, 4) is 0 Å². The predicted molar refractivity (Wildman–Crippen MR) is 93.9 cm³/mol. The Morgan fingerprint density at radius 2 is 1.81 bits per heavy atom. The van der Waals surface area contributed by atoms with Crippen LogP contribution in [0.15, 0.2) is 58.1 Å². The molecule has 1 aliphatic rings. The number of hydrogen-bond acceptors (Lipinski definition) is 3. The highest BCUT2D eigenvalue weighted by atomic mass is 79.9. The van der Waals surface area contributed by atoms with Gasteiger partial charge in [0.15, 0.2) is 0 Å². The van der Waals surface area contributed by atoms with Crippen LogP contribution in [0.25, 0.3) is 0 Å². The fourth-order valence-corrected chi connectivity index (χ4v) is 3.11. The smallest absolute Gasteiger partial charge is 0.362 e. The second kappa shape index (κ2) is 6.68. The lowest BCUT2D eigenvalue weighted by Gasteiger charge is -2.32. The van der Waals surface area contributed by atoms with E-state index in [4.69, 9.17) is 11.6 Å². The van der Waals surface area contributed by atoms with E-state index in [9.17, 15) is 23.1 Å². The second-order valence-electron chi connectivity index (χ2n) is 5.64. The zero-order valence-electron chi connectivity index (χ0n) is 13.0. The molecule has 0 saturated heterocycles. The molecule has 0 spiro atoms. The summed E-state index contributed by atoms with van der Waals surface area (Å²) >= 11 is 8.91. The highest BCUT2D eigenvalue weighted by molar-refractivity contribution is 9.10. The van der Waals surface area contributed by atoms with Gasteiger partial charge in [0.2, 0.25) is 0 Å². The SMILES string of the molecule is O=C(c1ccccc1Br)N1N=C(c2ccc(Cl)cc2)C[C@@]1(O)C(F)(F)F. The molecule has 0 fully saturated rings. The van der Waals surface area contributed by atoms with E-state index in [2.05, 4.69) is 21.0 Å². The number of halogens is 5. The molecule has 0 aliphatic carbocycles. The molecule has 1 heterocycles. The van der Waals surface area contributed by atoms with Crippen LogP contribution in [0.5, 0.6) is 0 Å². The van der Waals surface area contributed by atoms with Gasteiger partial charge in [0.1, 0.15) is 0 Å². The van der Waals surface area contributed by atoms with Crippen LogP contribution in [0.2, 0.25) is 5.02 Å². The van der Waals surface area contributed by atoms with Gasteiger partial charge in [-0.25, -0.2) is 0 Å². The summed E-state index contributed by atoms with van der Waals surface area (Å²) < 4.78 is 41.0. The first-order valence-electron chi connectivity index (χ1n) is 7.35. The van der Waals surface area contributed by atoms with Crippen molar-refractivity contribution in [1.82, 2.24) is 5.01 Å². The van der Waals surface area contributed by atoms with E-state index in [1.54, 1.807) is 6.07 Å². The van der Waals surface area contributed by atoms with Crippen LogP contribution < -0.4 is 0 Å². The topological polar surface area (TPSA) is 52.9 Å². The minimum atomic E-state index is -5.10. The molecule has 0 aromatic heterocycles. The Kier molecular flexibility index (Phi) is 4.85. The number of nitrogens with zero attached hydrogens (tertiary/aromatic N) is 2. The van der Waals surface area contributed by atoms with E-state index in [0.29, 0.717) is 15.1 Å². The zero-order valence-corrected chi connectivity index (χ0v) is 15.3. The van der Waals surface area contributed by atoms with Crippen molar-refractivity contribution in [3.05, 3.63) is 69.2 Å². The molecular weight excluding hydrogens is 437 g/mol. The maximum atomic E-state index is 13.6. The average Bonchev–Trinajstić information content (AvgIpc) is 2.94. The summed E-state index contributed by atoms with van der Waals surface area (Å²) in [6.45, 7) is 0. The first-order chi connectivity index (χ1) is 12.1. The minimum Gasteiger partial charge on any atom is -0.362 e. The molecule has 2 aromatic carbocycles. The molecule has 1 aliphatic heterocycles. The number of aliphatic hydroxyl groups is 1. The Labute approximate surface area is 160 Å². The summed E-state index contributed by atoms with van der Waals surface area (Å²) in [6.07, 6.45) is -5.98. The molecule has 0 radical (unpaired) electrons. The number of carbonyl (C=O) groups excluding carboxylic acids is 1. The van der Waals surface area contributed by atoms with Gasteiger partial charge in [0, 0.05) is 9.50 Å². The number of carbonyl (C=O) groups is 1. The standard InChI is InChI=1S/C17H11BrClF3N2O2/c18-13-4-2-1-3-12(13)15(25)24-16(26,17(20,21)22)9-14(23-24)10-5-7-11(19)8-6-10/h1-8,26H,9H2/t16-/m1/s1. The van der Waals surface area contributed by atoms with Gasteiger partial charge < -0.3 is 5.11 Å². The number of alkyl halides is 3. The number of hydrogen-bond donors (Lipinski definition) is 1. The third-order valence-electron chi connectivity index (χ3n) is 3.91. The quantitative estimate of drug-likeness (QED) is 0.731. The van der Waals surface area contributed by atoms with Crippen molar-refractivity contribution in [2.24, 2.45) is 5.10 Å². The lowest BCUT2D eigenvalue weighted by atomic mass is 10.0. The van der Waals surface area contributed by atoms with Gasteiger partial charge in [-0.1, -0.05) is 35.9 Å². The maximum Gasteiger partial charge on any atom is 0.438 e. The van der Waals surface area contributed by atoms with Crippen molar-refractivity contribution in [2.45, 2.75) is 18.3 Å². The van der Waals surface area contributed by atoms with E-state index in [-0.39, 0.29) is 16.3 Å². The molecule has 3 rings (SSSR count). The van der Waals surface area contributed by atoms with Gasteiger partial charge in [-0.3, -0.25) is 4.79 Å². The van der Waals surface area contributed by atoms with Crippen LogP contribution in [0.1, 0.15) is 22.3 Å². The van der Waals surface area contributed by atoms with E-state index in [1.807, 2.05) is 0 Å². The van der Waals surface area contributed by atoms with Crippen molar-refractivity contribution < 1.29 is 23.1 Å². The van der Waals surface area contributed by atoms with Crippen LogP contribution in [0, 0.1) is 0 Å². The lowest BCUT2D eigenvalue weighted by molar-refractivity contribution is -0.297. The molecule has 26 heavy (non-hydrogen) atoms. The molecule has 136 valence electrons. The molecule has 1 amide bonds. The Morgan fingerprint density at radius 1 is 1.19 bits per heavy atom. The number of amides is 1. The van der Waals surface area contributed by atoms with Crippen LogP contribution in [-0.4, -0.2) is 33.6 Å². The van der Waals surface area contributed by atoms with Crippen molar-refractivity contribution >= 4 is 39.1 Å². The summed E-state index contributed by atoms with van der Waals surface area (Å²) in [7, 11) is 0. The Bertz CT molecular complexity index is 886. The largest absolute Gasteiger partial charge is 0.438 e. The monoisotopic (exact) mass is 446 g/mol. The summed E-state index contributed by atoms with van der Waals surface area (Å²) in [6, 6.07) is 11.9. The highest BCUT2D eigenvalue weighted by Crippen LogP contribution is 2.42. The van der Waals surface area contributed by atoms with Crippen molar-refractivity contribution in [3.63, 3.8) is 0 Å². The molecule has 0 saturated carbocycles. The fourth-order valence-electron chi connectivity index (χ4n) is 2.53. The van der Waals surface area contributed by atoms with Gasteiger partial charge in [-0.2, -0.15) is 23.3 Å². The minimum absolute atomic E-state index is 0.0451. The molecule has 9 heteroatoms. The van der Waals surface area contributed by atoms with E-state index in [1.165, 1.54) is 42.5 Å². The Balaban J connectivity index is 2.07. The third-order valence-corrected chi connectivity index (χ3v) is 4.86. The highest BCUT2D eigenvalue weighted by Gasteiger charge is 2.63. The molecule has 2 aromatic rings. The normalized spacial score (nSPS) is 20.2. The molecule has 4 nitrogen and oxygen atoms in total. The number of benzene rings is 2. The fraction of sp³-hybridized carbons (Fsp3) is 0.176. The van der Waals surface area contributed by atoms with Crippen LogP contribution in [-0.2, 0) is 0 Å². The predicted octanol–water partition coefficient (Wildman–Crippen LogP) is 4.60. The van der Waals surface area contributed by atoms with Crippen LogP contribution >= 0.6 is 27.5 Å².